The third-order valence-corrected chi connectivity index (χ3v) is 9.24. The van der Waals surface area contributed by atoms with Crippen molar-refractivity contribution in [1.82, 2.24) is 5.32 Å². The van der Waals surface area contributed by atoms with Crippen LogP contribution in [0.2, 0.25) is 5.02 Å². The summed E-state index contributed by atoms with van der Waals surface area (Å²) in [4.78, 5) is 0.0842. The molecule has 0 radical (unpaired) electrons. The Morgan fingerprint density at radius 2 is 1.71 bits per heavy atom. The van der Waals surface area contributed by atoms with Gasteiger partial charge in [0.15, 0.2) is 19.7 Å². The Bertz CT molecular complexity index is 1020. The van der Waals surface area contributed by atoms with Gasteiger partial charge in [0.25, 0.3) is 0 Å². The lowest BCUT2D eigenvalue weighted by molar-refractivity contribution is 0.414. The Kier molecular flexibility index (Phi) is 6.34. The minimum atomic E-state index is -3.80. The van der Waals surface area contributed by atoms with E-state index in [1.54, 1.807) is 7.11 Å². The van der Waals surface area contributed by atoms with Crippen molar-refractivity contribution >= 4 is 31.3 Å². The summed E-state index contributed by atoms with van der Waals surface area (Å²) in [5, 5.41) is 2.54. The highest BCUT2D eigenvalue weighted by Crippen LogP contribution is 2.27. The number of sulfone groups is 2. The highest BCUT2D eigenvalue weighted by atomic mass is 35.5. The lowest BCUT2D eigenvalue weighted by Gasteiger charge is -2.20. The van der Waals surface area contributed by atoms with Crippen molar-refractivity contribution in [2.24, 2.45) is 0 Å². The number of benzene rings is 2. The topological polar surface area (TPSA) is 89.5 Å². The number of methoxy groups -OCH3 is 1. The van der Waals surface area contributed by atoms with Crippen LogP contribution >= 0.6 is 11.6 Å². The Morgan fingerprint density at radius 3 is 2.32 bits per heavy atom. The van der Waals surface area contributed by atoms with Gasteiger partial charge in [0, 0.05) is 11.1 Å². The van der Waals surface area contributed by atoms with Crippen LogP contribution in [0.3, 0.4) is 0 Å². The van der Waals surface area contributed by atoms with Gasteiger partial charge in [-0.1, -0.05) is 23.7 Å². The first-order valence-electron chi connectivity index (χ1n) is 8.77. The maximum atomic E-state index is 13.0. The third kappa shape index (κ3) is 4.86. The van der Waals surface area contributed by atoms with Crippen molar-refractivity contribution in [1.29, 1.82) is 0 Å². The number of rotatable bonds is 7. The molecular weight excluding hydrogens is 422 g/mol. The standard InChI is InChI=1S/C19H22ClNO5S2/c1-26-16-6-2-14(3-7-16)10-11-21-18-12-27(22,23)13-19(18)28(24,25)17-8-4-15(20)5-9-17/h2-9,18-19,21H,10-13H2,1H3/t18-,19-/m0/s1. The quantitative estimate of drug-likeness (QED) is 0.705. The van der Waals surface area contributed by atoms with Crippen molar-refractivity contribution in [2.75, 3.05) is 25.2 Å². The van der Waals surface area contributed by atoms with Crippen LogP contribution in [-0.4, -0.2) is 53.3 Å². The zero-order valence-corrected chi connectivity index (χ0v) is 17.7. The molecule has 0 amide bonds. The van der Waals surface area contributed by atoms with E-state index in [1.165, 1.54) is 24.3 Å². The van der Waals surface area contributed by atoms with Crippen LogP contribution in [0.5, 0.6) is 5.75 Å². The minimum Gasteiger partial charge on any atom is -0.497 e. The molecule has 0 bridgehead atoms. The van der Waals surface area contributed by atoms with E-state index in [2.05, 4.69) is 5.32 Å². The molecule has 2 aromatic carbocycles. The zero-order valence-electron chi connectivity index (χ0n) is 15.3. The summed E-state index contributed by atoms with van der Waals surface area (Å²) in [7, 11) is -5.63. The molecule has 1 fully saturated rings. The molecule has 28 heavy (non-hydrogen) atoms. The summed E-state index contributed by atoms with van der Waals surface area (Å²) in [6.45, 7) is 0.471. The first-order chi connectivity index (χ1) is 13.2. The fourth-order valence-corrected chi connectivity index (χ4v) is 8.15. The van der Waals surface area contributed by atoms with Crippen LogP contribution in [0.4, 0.5) is 0 Å². The van der Waals surface area contributed by atoms with Crippen molar-refractivity contribution in [3.05, 3.63) is 59.1 Å². The van der Waals surface area contributed by atoms with Crippen molar-refractivity contribution in [3.8, 4) is 5.75 Å². The Hall–Kier alpha value is -1.61. The number of nitrogens with one attached hydrogen (secondary N) is 1. The summed E-state index contributed by atoms with van der Waals surface area (Å²) < 4.78 is 55.4. The maximum absolute atomic E-state index is 13.0. The summed E-state index contributed by atoms with van der Waals surface area (Å²) in [6, 6.07) is 12.7. The predicted octanol–water partition coefficient (Wildman–Crippen LogP) is 2.12. The molecule has 6 nitrogen and oxygen atoms in total. The van der Waals surface area contributed by atoms with Gasteiger partial charge in [0.05, 0.1) is 28.8 Å². The highest BCUT2D eigenvalue weighted by Gasteiger charge is 2.45. The van der Waals surface area contributed by atoms with Crippen LogP contribution in [0, 0.1) is 0 Å². The van der Waals surface area contributed by atoms with Crippen LogP contribution in [0.15, 0.2) is 53.4 Å². The summed E-state index contributed by atoms with van der Waals surface area (Å²) >= 11 is 5.83. The summed E-state index contributed by atoms with van der Waals surface area (Å²) in [5.41, 5.74) is 1.05. The molecule has 0 aromatic heterocycles. The first-order valence-corrected chi connectivity index (χ1v) is 12.5. The van der Waals surface area contributed by atoms with Crippen LogP contribution in [0.25, 0.3) is 0 Å². The van der Waals surface area contributed by atoms with Crippen LogP contribution in [0.1, 0.15) is 5.56 Å². The van der Waals surface area contributed by atoms with E-state index in [0.717, 1.165) is 11.3 Å². The fraction of sp³-hybridized carbons (Fsp3) is 0.368. The average molecular weight is 444 g/mol. The van der Waals surface area contributed by atoms with Gasteiger partial charge in [-0.05, 0) is 54.9 Å². The monoisotopic (exact) mass is 443 g/mol. The van der Waals surface area contributed by atoms with E-state index in [0.29, 0.717) is 18.0 Å². The molecule has 1 aliphatic heterocycles. The molecule has 2 aromatic rings. The fourth-order valence-electron chi connectivity index (χ4n) is 3.30. The molecule has 1 N–H and O–H groups in total. The molecule has 1 heterocycles. The van der Waals surface area contributed by atoms with E-state index >= 15 is 0 Å². The smallest absolute Gasteiger partial charge is 0.183 e. The van der Waals surface area contributed by atoms with Crippen LogP contribution < -0.4 is 10.1 Å². The molecule has 0 spiro atoms. The number of halogens is 1. The van der Waals surface area contributed by atoms with Gasteiger partial charge in [0.2, 0.25) is 0 Å². The minimum absolute atomic E-state index is 0.0842. The van der Waals surface area contributed by atoms with Crippen LogP contribution in [-0.2, 0) is 26.1 Å². The summed E-state index contributed by atoms with van der Waals surface area (Å²) in [6.07, 6.45) is 0.647. The molecule has 0 aliphatic carbocycles. The number of hydrogen-bond donors (Lipinski definition) is 1. The van der Waals surface area contributed by atoms with Gasteiger partial charge in [-0.25, -0.2) is 16.8 Å². The SMILES string of the molecule is COc1ccc(CCN[C@H]2CS(=O)(=O)C[C@@H]2S(=O)(=O)c2ccc(Cl)cc2)cc1. The molecule has 1 saturated heterocycles. The third-order valence-electron chi connectivity index (χ3n) is 4.82. The van der Waals surface area contributed by atoms with E-state index < -0.39 is 31.0 Å². The predicted molar refractivity (Wildman–Crippen MR) is 110 cm³/mol. The highest BCUT2D eigenvalue weighted by molar-refractivity contribution is 7.96. The second-order valence-electron chi connectivity index (χ2n) is 6.77. The molecular formula is C19H22ClNO5S2. The van der Waals surface area contributed by atoms with Gasteiger partial charge in [0.1, 0.15) is 5.75 Å². The molecule has 2 atom stereocenters. The molecule has 152 valence electrons. The van der Waals surface area contributed by atoms with E-state index in [4.69, 9.17) is 16.3 Å². The number of hydrogen-bond acceptors (Lipinski definition) is 6. The first kappa shape index (κ1) is 21.1. The van der Waals surface area contributed by atoms with Gasteiger partial charge in [-0.3, -0.25) is 0 Å². The average Bonchev–Trinajstić information content (AvgIpc) is 2.98. The van der Waals surface area contributed by atoms with E-state index in [-0.39, 0.29) is 16.4 Å². The van der Waals surface area contributed by atoms with E-state index in [1.807, 2.05) is 24.3 Å². The molecule has 0 unspecified atom stereocenters. The normalized spacial score (nSPS) is 21.5. The van der Waals surface area contributed by atoms with Gasteiger partial charge in [-0.2, -0.15) is 0 Å². The lowest BCUT2D eigenvalue weighted by Crippen LogP contribution is -2.44. The molecule has 3 rings (SSSR count). The summed E-state index contributed by atoms with van der Waals surface area (Å²) in [5.74, 6) is 0.193. The molecule has 0 saturated carbocycles. The van der Waals surface area contributed by atoms with Crippen molar-refractivity contribution in [2.45, 2.75) is 22.6 Å². The molecule has 1 aliphatic rings. The maximum Gasteiger partial charge on any atom is 0.183 e. The largest absolute Gasteiger partial charge is 0.497 e. The van der Waals surface area contributed by atoms with Crippen molar-refractivity contribution in [3.63, 3.8) is 0 Å². The van der Waals surface area contributed by atoms with Gasteiger partial charge < -0.3 is 10.1 Å². The second kappa shape index (κ2) is 8.41. The second-order valence-corrected chi connectivity index (χ2v) is 11.5. The Balaban J connectivity index is 1.72. The Labute approximate surface area is 170 Å². The molecule has 9 heteroatoms. The Morgan fingerprint density at radius 1 is 1.07 bits per heavy atom. The van der Waals surface area contributed by atoms with Crippen molar-refractivity contribution < 1.29 is 21.6 Å². The van der Waals surface area contributed by atoms with Gasteiger partial charge in [-0.15, -0.1) is 0 Å². The van der Waals surface area contributed by atoms with Gasteiger partial charge >= 0.3 is 0 Å². The zero-order chi connectivity index (χ0) is 20.4. The van der Waals surface area contributed by atoms with E-state index in [9.17, 15) is 16.8 Å². The lowest BCUT2D eigenvalue weighted by atomic mass is 10.1. The number of ether oxygens (including phenoxy) is 1.